The van der Waals surface area contributed by atoms with Crippen molar-refractivity contribution in [3.05, 3.63) is 0 Å². The summed E-state index contributed by atoms with van der Waals surface area (Å²) in [6, 6.07) is -1.55. The number of nitrogens with two attached hydrogens (primary N) is 1. The first-order valence-electron chi connectivity index (χ1n) is 4.13. The summed E-state index contributed by atoms with van der Waals surface area (Å²) in [7, 11) is -4.69. The van der Waals surface area contributed by atoms with Crippen LogP contribution in [0.4, 0.5) is 8.78 Å². The standard InChI is InChI=1S/C7H15F2NO3S/c1-5(2)3-6(10)7(8,9)4-14(11,12)13/h5-6H,3-4,10H2,1-2H3,(H,11,12,13)/t6-/m0/s1. The van der Waals surface area contributed by atoms with Crippen LogP contribution in [0.5, 0.6) is 0 Å². The van der Waals surface area contributed by atoms with Crippen LogP contribution < -0.4 is 5.73 Å². The number of rotatable bonds is 5. The molecule has 0 aromatic heterocycles. The summed E-state index contributed by atoms with van der Waals surface area (Å²) in [4.78, 5) is 0. The Morgan fingerprint density at radius 2 is 1.86 bits per heavy atom. The molecule has 7 heteroatoms. The molecule has 0 aliphatic carbocycles. The van der Waals surface area contributed by atoms with E-state index in [0.717, 1.165) is 0 Å². The quantitative estimate of drug-likeness (QED) is 0.688. The van der Waals surface area contributed by atoms with Crippen molar-refractivity contribution in [2.75, 3.05) is 5.75 Å². The summed E-state index contributed by atoms with van der Waals surface area (Å²) in [5, 5.41) is 0. The maximum atomic E-state index is 13.0. The van der Waals surface area contributed by atoms with E-state index >= 15 is 0 Å². The highest BCUT2D eigenvalue weighted by atomic mass is 32.2. The van der Waals surface area contributed by atoms with Gasteiger partial charge in [-0.1, -0.05) is 13.8 Å². The van der Waals surface area contributed by atoms with Crippen molar-refractivity contribution >= 4 is 10.1 Å². The van der Waals surface area contributed by atoms with Crippen molar-refractivity contribution in [1.29, 1.82) is 0 Å². The van der Waals surface area contributed by atoms with Crippen molar-refractivity contribution in [3.8, 4) is 0 Å². The Labute approximate surface area is 82.2 Å². The Hall–Kier alpha value is -0.270. The molecular formula is C7H15F2NO3S. The first-order valence-corrected chi connectivity index (χ1v) is 5.74. The number of hydrogen-bond donors (Lipinski definition) is 2. The summed E-state index contributed by atoms with van der Waals surface area (Å²) < 4.78 is 54.8. The lowest BCUT2D eigenvalue weighted by molar-refractivity contribution is -0.00899. The van der Waals surface area contributed by atoms with Gasteiger partial charge in [-0.15, -0.1) is 0 Å². The van der Waals surface area contributed by atoms with E-state index in [9.17, 15) is 17.2 Å². The van der Waals surface area contributed by atoms with Gasteiger partial charge in [0.05, 0.1) is 6.04 Å². The predicted octanol–water partition coefficient (Wildman–Crippen LogP) is 0.883. The molecule has 0 heterocycles. The van der Waals surface area contributed by atoms with E-state index in [0.29, 0.717) is 0 Å². The van der Waals surface area contributed by atoms with Crippen LogP contribution in [0.25, 0.3) is 0 Å². The summed E-state index contributed by atoms with van der Waals surface area (Å²) in [6.45, 7) is 3.40. The highest BCUT2D eigenvalue weighted by Crippen LogP contribution is 2.23. The fourth-order valence-corrected chi connectivity index (χ4v) is 1.73. The lowest BCUT2D eigenvalue weighted by Crippen LogP contribution is -2.46. The average Bonchev–Trinajstić information content (AvgIpc) is 1.78. The lowest BCUT2D eigenvalue weighted by atomic mass is 10.0. The second-order valence-corrected chi connectivity index (χ2v) is 5.18. The van der Waals surface area contributed by atoms with E-state index in [1.54, 1.807) is 13.8 Å². The fourth-order valence-electron chi connectivity index (χ4n) is 1.03. The molecule has 0 saturated carbocycles. The van der Waals surface area contributed by atoms with Gasteiger partial charge in [-0.3, -0.25) is 4.55 Å². The van der Waals surface area contributed by atoms with Crippen LogP contribution in [0.3, 0.4) is 0 Å². The van der Waals surface area contributed by atoms with Gasteiger partial charge < -0.3 is 5.73 Å². The van der Waals surface area contributed by atoms with E-state index in [2.05, 4.69) is 0 Å². The zero-order valence-electron chi connectivity index (χ0n) is 8.07. The summed E-state index contributed by atoms with van der Waals surface area (Å²) in [5.41, 5.74) is 5.13. The highest BCUT2D eigenvalue weighted by molar-refractivity contribution is 7.85. The number of hydrogen-bond acceptors (Lipinski definition) is 3. The lowest BCUT2D eigenvalue weighted by Gasteiger charge is -2.23. The first-order chi connectivity index (χ1) is 6.04. The minimum atomic E-state index is -4.69. The largest absolute Gasteiger partial charge is 0.323 e. The smallest absolute Gasteiger partial charge is 0.279 e. The molecule has 0 aliphatic rings. The molecule has 14 heavy (non-hydrogen) atoms. The topological polar surface area (TPSA) is 80.4 Å². The molecule has 0 unspecified atom stereocenters. The molecule has 0 rings (SSSR count). The Kier molecular flexibility index (Phi) is 4.41. The van der Waals surface area contributed by atoms with Crippen molar-refractivity contribution < 1.29 is 21.8 Å². The van der Waals surface area contributed by atoms with E-state index < -0.39 is 27.8 Å². The van der Waals surface area contributed by atoms with Crippen LogP contribution in [-0.4, -0.2) is 30.7 Å². The normalized spacial score (nSPS) is 15.9. The molecule has 0 spiro atoms. The molecule has 0 amide bonds. The number of halogens is 2. The molecule has 0 aromatic rings. The van der Waals surface area contributed by atoms with E-state index in [1.807, 2.05) is 0 Å². The molecule has 1 atom stereocenters. The molecule has 4 nitrogen and oxygen atoms in total. The van der Waals surface area contributed by atoms with Crippen LogP contribution in [0.15, 0.2) is 0 Å². The zero-order chi connectivity index (χ0) is 11.6. The summed E-state index contributed by atoms with van der Waals surface area (Å²) in [6.07, 6.45) is 0.00250. The summed E-state index contributed by atoms with van der Waals surface area (Å²) >= 11 is 0. The van der Waals surface area contributed by atoms with E-state index in [1.165, 1.54) is 0 Å². The Morgan fingerprint density at radius 1 is 1.43 bits per heavy atom. The average molecular weight is 231 g/mol. The van der Waals surface area contributed by atoms with Gasteiger partial charge in [-0.05, 0) is 12.3 Å². The van der Waals surface area contributed by atoms with Crippen molar-refractivity contribution in [2.45, 2.75) is 32.2 Å². The molecule has 0 aromatic carbocycles. The predicted molar refractivity (Wildman–Crippen MR) is 48.8 cm³/mol. The van der Waals surface area contributed by atoms with Crippen LogP contribution in [0.2, 0.25) is 0 Å². The van der Waals surface area contributed by atoms with E-state index in [-0.39, 0.29) is 12.3 Å². The second-order valence-electron chi connectivity index (χ2n) is 3.72. The molecule has 0 radical (unpaired) electrons. The van der Waals surface area contributed by atoms with Gasteiger partial charge >= 0.3 is 0 Å². The third kappa shape index (κ3) is 5.46. The van der Waals surface area contributed by atoms with Gasteiger partial charge in [0.2, 0.25) is 0 Å². The van der Waals surface area contributed by atoms with Gasteiger partial charge in [0.1, 0.15) is 5.75 Å². The third-order valence-electron chi connectivity index (χ3n) is 1.64. The van der Waals surface area contributed by atoms with Crippen LogP contribution >= 0.6 is 0 Å². The van der Waals surface area contributed by atoms with Crippen LogP contribution in [-0.2, 0) is 10.1 Å². The Bertz CT molecular complexity index is 277. The fraction of sp³-hybridized carbons (Fsp3) is 1.00. The van der Waals surface area contributed by atoms with Gasteiger partial charge in [0.25, 0.3) is 16.0 Å². The monoisotopic (exact) mass is 231 g/mol. The Morgan fingerprint density at radius 3 is 2.14 bits per heavy atom. The van der Waals surface area contributed by atoms with Crippen LogP contribution in [0.1, 0.15) is 20.3 Å². The van der Waals surface area contributed by atoms with E-state index in [4.69, 9.17) is 10.3 Å². The third-order valence-corrected chi connectivity index (χ3v) is 2.39. The van der Waals surface area contributed by atoms with Gasteiger partial charge in [0, 0.05) is 0 Å². The SMILES string of the molecule is CC(C)C[C@H](N)C(F)(F)CS(=O)(=O)O. The zero-order valence-corrected chi connectivity index (χ0v) is 8.89. The Balaban J connectivity index is 4.45. The number of alkyl halides is 2. The molecule has 86 valence electrons. The molecule has 3 N–H and O–H groups in total. The van der Waals surface area contributed by atoms with Gasteiger partial charge in [0.15, 0.2) is 0 Å². The molecule has 0 aliphatic heterocycles. The maximum absolute atomic E-state index is 13.0. The molecule has 0 saturated heterocycles. The molecule has 0 bridgehead atoms. The van der Waals surface area contributed by atoms with Crippen LogP contribution in [0, 0.1) is 5.92 Å². The highest BCUT2D eigenvalue weighted by Gasteiger charge is 2.41. The van der Waals surface area contributed by atoms with Gasteiger partial charge in [-0.2, -0.15) is 8.42 Å². The maximum Gasteiger partial charge on any atom is 0.279 e. The molecular weight excluding hydrogens is 216 g/mol. The minimum Gasteiger partial charge on any atom is -0.323 e. The van der Waals surface area contributed by atoms with Crippen molar-refractivity contribution in [3.63, 3.8) is 0 Å². The molecule has 0 fully saturated rings. The van der Waals surface area contributed by atoms with Gasteiger partial charge in [-0.25, -0.2) is 8.78 Å². The van der Waals surface area contributed by atoms with Crippen molar-refractivity contribution in [2.24, 2.45) is 11.7 Å². The van der Waals surface area contributed by atoms with Crippen molar-refractivity contribution in [1.82, 2.24) is 0 Å². The minimum absolute atomic E-state index is 0.00250. The first kappa shape index (κ1) is 13.7. The second kappa shape index (κ2) is 4.50. The summed E-state index contributed by atoms with van der Waals surface area (Å²) in [5.74, 6) is -5.26.